The second-order valence-corrected chi connectivity index (χ2v) is 7.11. The third kappa shape index (κ3) is 5.25. The SMILES string of the molecule is CCNC(CSCC(C)C)c1ccc(Br)c(Cl)c1F. The lowest BCUT2D eigenvalue weighted by molar-refractivity contribution is 0.545. The summed E-state index contributed by atoms with van der Waals surface area (Å²) in [5, 5.41) is 3.49. The van der Waals surface area contributed by atoms with Gasteiger partial charge in [0.25, 0.3) is 0 Å². The van der Waals surface area contributed by atoms with Gasteiger partial charge in [0.15, 0.2) is 0 Å². The van der Waals surface area contributed by atoms with Crippen molar-refractivity contribution in [2.75, 3.05) is 18.1 Å². The fourth-order valence-corrected chi connectivity index (χ4v) is 3.36. The Kier molecular flexibility index (Phi) is 7.73. The van der Waals surface area contributed by atoms with Crippen molar-refractivity contribution in [3.63, 3.8) is 0 Å². The Morgan fingerprint density at radius 3 is 2.63 bits per heavy atom. The van der Waals surface area contributed by atoms with E-state index in [-0.39, 0.29) is 16.9 Å². The summed E-state index contributed by atoms with van der Waals surface area (Å²) in [5.74, 6) is 2.24. The Morgan fingerprint density at radius 1 is 1.37 bits per heavy atom. The van der Waals surface area contributed by atoms with Crippen molar-refractivity contribution in [1.29, 1.82) is 0 Å². The van der Waals surface area contributed by atoms with E-state index in [4.69, 9.17) is 11.6 Å². The van der Waals surface area contributed by atoms with Crippen molar-refractivity contribution in [3.05, 3.63) is 33.0 Å². The quantitative estimate of drug-likeness (QED) is 0.657. The Labute approximate surface area is 132 Å². The van der Waals surface area contributed by atoms with Gasteiger partial charge in [0.1, 0.15) is 5.82 Å². The number of hydrogen-bond acceptors (Lipinski definition) is 2. The number of halogens is 3. The molecule has 1 N–H and O–H groups in total. The molecule has 0 aliphatic heterocycles. The first-order valence-corrected chi connectivity index (χ1v) is 8.74. The third-order valence-electron chi connectivity index (χ3n) is 2.63. The minimum absolute atomic E-state index is 0.000602. The average molecular weight is 369 g/mol. The molecule has 0 aliphatic rings. The highest BCUT2D eigenvalue weighted by Gasteiger charge is 2.18. The molecule has 0 fully saturated rings. The highest BCUT2D eigenvalue weighted by molar-refractivity contribution is 9.10. The fraction of sp³-hybridized carbons (Fsp3) is 0.571. The minimum atomic E-state index is -0.327. The average Bonchev–Trinajstić information content (AvgIpc) is 2.35. The number of thioether (sulfide) groups is 1. The molecule has 1 atom stereocenters. The summed E-state index contributed by atoms with van der Waals surface area (Å²) in [6, 6.07) is 3.60. The van der Waals surface area contributed by atoms with Gasteiger partial charge in [0, 0.05) is 21.8 Å². The van der Waals surface area contributed by atoms with Crippen molar-refractivity contribution < 1.29 is 4.39 Å². The van der Waals surface area contributed by atoms with Crippen LogP contribution in [0.25, 0.3) is 0 Å². The van der Waals surface area contributed by atoms with E-state index in [0.717, 1.165) is 18.1 Å². The zero-order chi connectivity index (χ0) is 14.4. The molecule has 1 rings (SSSR count). The van der Waals surface area contributed by atoms with Crippen molar-refractivity contribution in [2.24, 2.45) is 5.92 Å². The van der Waals surface area contributed by atoms with Crippen LogP contribution in [0.4, 0.5) is 4.39 Å². The molecule has 0 heterocycles. The summed E-state index contributed by atoms with van der Waals surface area (Å²) in [7, 11) is 0. The Balaban J connectivity index is 2.83. The lowest BCUT2D eigenvalue weighted by Crippen LogP contribution is -2.24. The molecule has 19 heavy (non-hydrogen) atoms. The predicted molar refractivity (Wildman–Crippen MR) is 87.7 cm³/mol. The van der Waals surface area contributed by atoms with E-state index >= 15 is 0 Å². The highest BCUT2D eigenvalue weighted by atomic mass is 79.9. The molecule has 1 nitrogen and oxygen atoms in total. The van der Waals surface area contributed by atoms with Gasteiger partial charge in [-0.15, -0.1) is 0 Å². The van der Waals surface area contributed by atoms with Crippen LogP contribution in [-0.4, -0.2) is 18.1 Å². The van der Waals surface area contributed by atoms with Crippen molar-refractivity contribution in [3.8, 4) is 0 Å². The Morgan fingerprint density at radius 2 is 2.05 bits per heavy atom. The Hall–Kier alpha value is 0.230. The van der Waals surface area contributed by atoms with Crippen LogP contribution in [0.5, 0.6) is 0 Å². The molecule has 0 spiro atoms. The van der Waals surface area contributed by atoms with Crippen LogP contribution >= 0.6 is 39.3 Å². The number of rotatable bonds is 7. The molecule has 0 saturated heterocycles. The van der Waals surface area contributed by atoms with E-state index in [1.807, 2.05) is 18.7 Å². The van der Waals surface area contributed by atoms with Crippen LogP contribution in [-0.2, 0) is 0 Å². The molecule has 0 saturated carbocycles. The maximum atomic E-state index is 14.2. The largest absolute Gasteiger partial charge is 0.309 e. The first kappa shape index (κ1) is 17.3. The number of hydrogen-bond donors (Lipinski definition) is 1. The summed E-state index contributed by atoms with van der Waals surface area (Å²) in [6.07, 6.45) is 0. The van der Waals surface area contributed by atoms with Gasteiger partial charge in [0.05, 0.1) is 5.02 Å². The molecule has 0 amide bonds. The molecule has 0 radical (unpaired) electrons. The van der Waals surface area contributed by atoms with E-state index < -0.39 is 0 Å². The zero-order valence-corrected chi connectivity index (χ0v) is 14.6. The van der Waals surface area contributed by atoms with Crippen molar-refractivity contribution >= 4 is 39.3 Å². The van der Waals surface area contributed by atoms with Gasteiger partial charge in [-0.1, -0.05) is 38.4 Å². The van der Waals surface area contributed by atoms with Gasteiger partial charge in [-0.25, -0.2) is 4.39 Å². The smallest absolute Gasteiger partial charge is 0.147 e. The summed E-state index contributed by atoms with van der Waals surface area (Å²) in [5.41, 5.74) is 0.645. The van der Waals surface area contributed by atoms with E-state index in [2.05, 4.69) is 35.1 Å². The van der Waals surface area contributed by atoms with Gasteiger partial charge in [0.2, 0.25) is 0 Å². The van der Waals surface area contributed by atoms with E-state index in [0.29, 0.717) is 16.0 Å². The van der Waals surface area contributed by atoms with Gasteiger partial charge in [-0.3, -0.25) is 0 Å². The first-order chi connectivity index (χ1) is 8.97. The van der Waals surface area contributed by atoms with Crippen LogP contribution in [0.3, 0.4) is 0 Å². The second kappa shape index (κ2) is 8.50. The maximum absolute atomic E-state index is 14.2. The molecule has 108 valence electrons. The van der Waals surface area contributed by atoms with Crippen LogP contribution in [0.15, 0.2) is 16.6 Å². The summed E-state index contributed by atoms with van der Waals surface area (Å²) >= 11 is 11.0. The van der Waals surface area contributed by atoms with E-state index in [1.165, 1.54) is 0 Å². The standard InChI is InChI=1S/C14H20BrClFNS/c1-4-18-12(8-19-7-9(2)3)10-5-6-11(15)13(16)14(10)17/h5-6,9,12,18H,4,7-8H2,1-3H3. The predicted octanol–water partition coefficient (Wildman–Crippen LogP) is 5.28. The fourth-order valence-electron chi connectivity index (χ4n) is 1.74. The normalized spacial score (nSPS) is 13.0. The molecule has 0 bridgehead atoms. The summed E-state index contributed by atoms with van der Waals surface area (Å²) in [6.45, 7) is 7.21. The van der Waals surface area contributed by atoms with Gasteiger partial charge < -0.3 is 5.32 Å². The lowest BCUT2D eigenvalue weighted by atomic mass is 10.1. The van der Waals surface area contributed by atoms with Crippen LogP contribution < -0.4 is 5.32 Å². The molecular weight excluding hydrogens is 349 g/mol. The first-order valence-electron chi connectivity index (χ1n) is 6.41. The molecule has 5 heteroatoms. The lowest BCUT2D eigenvalue weighted by Gasteiger charge is -2.20. The van der Waals surface area contributed by atoms with E-state index in [9.17, 15) is 4.39 Å². The molecule has 0 aliphatic carbocycles. The Bertz CT molecular complexity index is 415. The van der Waals surface area contributed by atoms with Gasteiger partial charge in [-0.2, -0.15) is 11.8 Å². The third-order valence-corrected chi connectivity index (χ3v) is 5.36. The molecule has 1 unspecified atom stereocenters. The van der Waals surface area contributed by atoms with Crippen molar-refractivity contribution in [1.82, 2.24) is 5.32 Å². The molecule has 0 aromatic heterocycles. The summed E-state index contributed by atoms with van der Waals surface area (Å²) < 4.78 is 14.8. The van der Waals surface area contributed by atoms with Crippen LogP contribution in [0.1, 0.15) is 32.4 Å². The monoisotopic (exact) mass is 367 g/mol. The minimum Gasteiger partial charge on any atom is -0.309 e. The molecular formula is C14H20BrClFNS. The van der Waals surface area contributed by atoms with Gasteiger partial charge >= 0.3 is 0 Å². The second-order valence-electron chi connectivity index (χ2n) is 4.81. The zero-order valence-electron chi connectivity index (χ0n) is 11.5. The topological polar surface area (TPSA) is 12.0 Å². The molecule has 1 aromatic carbocycles. The van der Waals surface area contributed by atoms with Crippen LogP contribution in [0.2, 0.25) is 5.02 Å². The maximum Gasteiger partial charge on any atom is 0.147 e. The number of benzene rings is 1. The highest BCUT2D eigenvalue weighted by Crippen LogP contribution is 2.31. The summed E-state index contributed by atoms with van der Waals surface area (Å²) in [4.78, 5) is 0. The number of nitrogens with one attached hydrogen (secondary N) is 1. The molecule has 1 aromatic rings. The van der Waals surface area contributed by atoms with Crippen LogP contribution in [0, 0.1) is 11.7 Å². The van der Waals surface area contributed by atoms with Gasteiger partial charge in [-0.05, 0) is 40.2 Å². The van der Waals surface area contributed by atoms with Crippen molar-refractivity contribution in [2.45, 2.75) is 26.8 Å². The van der Waals surface area contributed by atoms with E-state index in [1.54, 1.807) is 12.1 Å².